The molecule has 0 fully saturated rings. The number of hydrogen-bond acceptors (Lipinski definition) is 7. The lowest BCUT2D eigenvalue weighted by Crippen LogP contribution is -2.32. The Morgan fingerprint density at radius 3 is 3.05 bits per heavy atom. The van der Waals surface area contributed by atoms with Crippen molar-refractivity contribution in [3.05, 3.63) is 17.7 Å². The van der Waals surface area contributed by atoms with E-state index >= 15 is 0 Å². The second-order valence-electron chi connectivity index (χ2n) is 3.78. The standard InChI is InChI=1S/C10H14N6OS2/c1-7(16-6-11-5-13-16)9(17)12-3-4-18-10-15-14-8(2)19-10/h5-7H,3-4H2,1-2H3,(H,12,17). The molecule has 102 valence electrons. The molecule has 2 aromatic rings. The highest BCUT2D eigenvalue weighted by molar-refractivity contribution is 8.01. The molecule has 2 heterocycles. The average molecular weight is 298 g/mol. The Hall–Kier alpha value is -1.48. The van der Waals surface area contributed by atoms with Crippen molar-refractivity contribution in [3.63, 3.8) is 0 Å². The predicted molar refractivity (Wildman–Crippen MR) is 73.1 cm³/mol. The quantitative estimate of drug-likeness (QED) is 0.630. The minimum Gasteiger partial charge on any atom is -0.353 e. The van der Waals surface area contributed by atoms with E-state index in [0.29, 0.717) is 6.54 Å². The maximum Gasteiger partial charge on any atom is 0.244 e. The van der Waals surface area contributed by atoms with Crippen molar-refractivity contribution in [2.45, 2.75) is 24.2 Å². The van der Waals surface area contributed by atoms with E-state index < -0.39 is 0 Å². The molecule has 1 N–H and O–H groups in total. The highest BCUT2D eigenvalue weighted by atomic mass is 32.2. The van der Waals surface area contributed by atoms with Gasteiger partial charge in [0.25, 0.3) is 0 Å². The summed E-state index contributed by atoms with van der Waals surface area (Å²) in [5.41, 5.74) is 0. The number of amides is 1. The Kier molecular flexibility index (Phi) is 4.86. The molecule has 0 radical (unpaired) electrons. The largest absolute Gasteiger partial charge is 0.353 e. The van der Waals surface area contributed by atoms with E-state index in [4.69, 9.17) is 0 Å². The number of aromatic nitrogens is 5. The van der Waals surface area contributed by atoms with Gasteiger partial charge in [0.15, 0.2) is 4.34 Å². The van der Waals surface area contributed by atoms with Gasteiger partial charge >= 0.3 is 0 Å². The van der Waals surface area contributed by atoms with Crippen molar-refractivity contribution < 1.29 is 4.79 Å². The van der Waals surface area contributed by atoms with Crippen LogP contribution in [-0.2, 0) is 4.79 Å². The maximum absolute atomic E-state index is 11.8. The molecule has 2 aromatic heterocycles. The summed E-state index contributed by atoms with van der Waals surface area (Å²) in [5.74, 6) is 0.698. The monoisotopic (exact) mass is 298 g/mol. The summed E-state index contributed by atoms with van der Waals surface area (Å²) in [6, 6.07) is -0.351. The number of rotatable bonds is 6. The van der Waals surface area contributed by atoms with Crippen molar-refractivity contribution in [2.24, 2.45) is 0 Å². The lowest BCUT2D eigenvalue weighted by molar-refractivity contribution is -0.124. The molecule has 7 nitrogen and oxygen atoms in total. The topological polar surface area (TPSA) is 85.6 Å². The number of nitrogens with zero attached hydrogens (tertiary/aromatic N) is 5. The zero-order chi connectivity index (χ0) is 13.7. The Morgan fingerprint density at radius 2 is 2.42 bits per heavy atom. The normalized spacial score (nSPS) is 12.3. The lowest BCUT2D eigenvalue weighted by atomic mass is 10.3. The van der Waals surface area contributed by atoms with Gasteiger partial charge in [-0.25, -0.2) is 9.67 Å². The van der Waals surface area contributed by atoms with E-state index in [1.165, 1.54) is 17.3 Å². The third-order valence-electron chi connectivity index (χ3n) is 2.35. The van der Waals surface area contributed by atoms with Gasteiger partial charge in [0.2, 0.25) is 5.91 Å². The van der Waals surface area contributed by atoms with Crippen LogP contribution in [0, 0.1) is 6.92 Å². The van der Waals surface area contributed by atoms with E-state index in [1.54, 1.807) is 30.0 Å². The fourth-order valence-electron chi connectivity index (χ4n) is 1.33. The molecule has 0 aliphatic carbocycles. The molecule has 0 aliphatic rings. The molecule has 2 rings (SSSR count). The Bertz CT molecular complexity index is 526. The molecule has 9 heteroatoms. The number of aryl methyl sites for hydroxylation is 1. The summed E-state index contributed by atoms with van der Waals surface area (Å²) in [7, 11) is 0. The van der Waals surface area contributed by atoms with Gasteiger partial charge in [-0.3, -0.25) is 4.79 Å². The SMILES string of the molecule is Cc1nnc(SCCNC(=O)C(C)n2cncn2)s1. The second kappa shape index (κ2) is 6.62. The van der Waals surface area contributed by atoms with Crippen LogP contribution in [0.5, 0.6) is 0 Å². The molecule has 1 amide bonds. The fraction of sp³-hybridized carbons (Fsp3) is 0.500. The summed E-state index contributed by atoms with van der Waals surface area (Å²) >= 11 is 3.14. The van der Waals surface area contributed by atoms with Crippen LogP contribution in [0.3, 0.4) is 0 Å². The summed E-state index contributed by atoms with van der Waals surface area (Å²) in [6.45, 7) is 4.29. The first-order valence-corrected chi connectivity index (χ1v) is 7.52. The molecule has 0 spiro atoms. The van der Waals surface area contributed by atoms with E-state index in [9.17, 15) is 4.79 Å². The van der Waals surface area contributed by atoms with E-state index in [1.807, 2.05) is 6.92 Å². The molecule has 19 heavy (non-hydrogen) atoms. The van der Waals surface area contributed by atoms with Crippen molar-refractivity contribution in [1.82, 2.24) is 30.3 Å². The van der Waals surface area contributed by atoms with Gasteiger partial charge in [-0.05, 0) is 13.8 Å². The second-order valence-corrected chi connectivity index (χ2v) is 6.30. The highest BCUT2D eigenvalue weighted by Crippen LogP contribution is 2.20. The highest BCUT2D eigenvalue weighted by Gasteiger charge is 2.14. The first-order chi connectivity index (χ1) is 9.16. The van der Waals surface area contributed by atoms with Crippen LogP contribution in [-0.4, -0.2) is 43.2 Å². The van der Waals surface area contributed by atoms with Crippen LogP contribution in [0.15, 0.2) is 17.0 Å². The van der Waals surface area contributed by atoms with Gasteiger partial charge < -0.3 is 5.32 Å². The van der Waals surface area contributed by atoms with E-state index in [2.05, 4.69) is 25.6 Å². The molecular weight excluding hydrogens is 284 g/mol. The van der Waals surface area contributed by atoms with Crippen molar-refractivity contribution in [2.75, 3.05) is 12.3 Å². The third kappa shape index (κ3) is 4.00. The molecule has 0 saturated heterocycles. The van der Waals surface area contributed by atoms with Crippen LogP contribution < -0.4 is 5.32 Å². The smallest absolute Gasteiger partial charge is 0.244 e. The van der Waals surface area contributed by atoms with Crippen LogP contribution in [0.2, 0.25) is 0 Å². The van der Waals surface area contributed by atoms with Crippen molar-refractivity contribution >= 4 is 29.0 Å². The van der Waals surface area contributed by atoms with Gasteiger partial charge in [-0.15, -0.1) is 10.2 Å². The van der Waals surface area contributed by atoms with Crippen LogP contribution in [0.25, 0.3) is 0 Å². The van der Waals surface area contributed by atoms with E-state index in [-0.39, 0.29) is 11.9 Å². The summed E-state index contributed by atoms with van der Waals surface area (Å²) in [5, 5.41) is 15.7. The number of hydrogen-bond donors (Lipinski definition) is 1. The fourth-order valence-corrected chi connectivity index (χ4v) is 3.08. The molecular formula is C10H14N6OS2. The van der Waals surface area contributed by atoms with Gasteiger partial charge in [0.1, 0.15) is 23.7 Å². The molecule has 1 atom stereocenters. The van der Waals surface area contributed by atoms with Gasteiger partial charge in [0.05, 0.1) is 0 Å². The molecule has 0 aliphatic heterocycles. The zero-order valence-electron chi connectivity index (χ0n) is 10.6. The maximum atomic E-state index is 11.8. The molecule has 0 saturated carbocycles. The van der Waals surface area contributed by atoms with Gasteiger partial charge in [0, 0.05) is 12.3 Å². The first kappa shape index (κ1) is 13.9. The molecule has 1 unspecified atom stereocenters. The average Bonchev–Trinajstić information content (AvgIpc) is 3.05. The third-order valence-corrected chi connectivity index (χ3v) is 4.32. The zero-order valence-corrected chi connectivity index (χ0v) is 12.2. The van der Waals surface area contributed by atoms with Gasteiger partial charge in [-0.2, -0.15) is 5.10 Å². The number of carbonyl (C=O) groups excluding carboxylic acids is 1. The van der Waals surface area contributed by atoms with Crippen molar-refractivity contribution in [3.8, 4) is 0 Å². The Balaban J connectivity index is 1.69. The molecule has 0 aromatic carbocycles. The van der Waals surface area contributed by atoms with Crippen molar-refractivity contribution in [1.29, 1.82) is 0 Å². The Labute approximate surface area is 118 Å². The van der Waals surface area contributed by atoms with Crippen LogP contribution in [0.4, 0.5) is 0 Å². The number of nitrogens with one attached hydrogen (secondary N) is 1. The minimum absolute atomic E-state index is 0.0699. The van der Waals surface area contributed by atoms with Crippen LogP contribution in [0.1, 0.15) is 18.0 Å². The van der Waals surface area contributed by atoms with E-state index in [0.717, 1.165) is 15.1 Å². The Morgan fingerprint density at radius 1 is 1.58 bits per heavy atom. The first-order valence-electron chi connectivity index (χ1n) is 5.71. The minimum atomic E-state index is -0.351. The predicted octanol–water partition coefficient (Wildman–Crippen LogP) is 0.908. The summed E-state index contributed by atoms with van der Waals surface area (Å²) < 4.78 is 2.45. The number of carbonyl (C=O) groups is 1. The summed E-state index contributed by atoms with van der Waals surface area (Å²) in [6.07, 6.45) is 2.94. The molecule has 0 bridgehead atoms. The lowest BCUT2D eigenvalue weighted by Gasteiger charge is -2.11. The summed E-state index contributed by atoms with van der Waals surface area (Å²) in [4.78, 5) is 15.6. The number of thioether (sulfide) groups is 1. The van der Waals surface area contributed by atoms with Crippen LogP contribution >= 0.6 is 23.1 Å². The van der Waals surface area contributed by atoms with Gasteiger partial charge in [-0.1, -0.05) is 23.1 Å².